The number of hydrogen-bond donors (Lipinski definition) is 2. The topological polar surface area (TPSA) is 61.4 Å². The molecule has 1 saturated heterocycles. The fourth-order valence-corrected chi connectivity index (χ4v) is 2.93. The Kier molecular flexibility index (Phi) is 6.79. The monoisotopic (exact) mass is 331 g/mol. The van der Waals surface area contributed by atoms with Crippen LogP contribution in [0.3, 0.4) is 0 Å². The van der Waals surface area contributed by atoms with Gasteiger partial charge in [0.25, 0.3) is 0 Å². The van der Waals surface area contributed by atoms with E-state index in [9.17, 15) is 9.59 Å². The van der Waals surface area contributed by atoms with Crippen molar-refractivity contribution < 1.29 is 9.59 Å². The van der Waals surface area contributed by atoms with Gasteiger partial charge in [-0.15, -0.1) is 0 Å². The van der Waals surface area contributed by atoms with Crippen LogP contribution in [0.15, 0.2) is 24.3 Å². The molecule has 5 nitrogen and oxygen atoms in total. The van der Waals surface area contributed by atoms with E-state index in [0.29, 0.717) is 6.42 Å². The number of piperidine rings is 1. The van der Waals surface area contributed by atoms with Gasteiger partial charge in [-0.3, -0.25) is 9.59 Å². The van der Waals surface area contributed by atoms with Crippen molar-refractivity contribution in [1.82, 2.24) is 10.2 Å². The van der Waals surface area contributed by atoms with Gasteiger partial charge in [0.05, 0.1) is 0 Å². The van der Waals surface area contributed by atoms with Gasteiger partial charge in [-0.1, -0.05) is 32.0 Å². The van der Waals surface area contributed by atoms with Crippen LogP contribution in [-0.2, 0) is 9.59 Å². The largest absolute Gasteiger partial charge is 0.352 e. The van der Waals surface area contributed by atoms with E-state index in [0.717, 1.165) is 43.7 Å². The van der Waals surface area contributed by atoms with E-state index >= 15 is 0 Å². The van der Waals surface area contributed by atoms with Gasteiger partial charge < -0.3 is 15.5 Å². The average Bonchev–Trinajstić information content (AvgIpc) is 2.55. The maximum atomic E-state index is 12.1. The number of aryl methyl sites for hydroxylation is 1. The van der Waals surface area contributed by atoms with Gasteiger partial charge in [0.1, 0.15) is 0 Å². The van der Waals surface area contributed by atoms with E-state index in [4.69, 9.17) is 0 Å². The first-order valence-electron chi connectivity index (χ1n) is 8.84. The summed E-state index contributed by atoms with van der Waals surface area (Å²) in [6.07, 6.45) is 2.55. The summed E-state index contributed by atoms with van der Waals surface area (Å²) in [7, 11) is 0. The summed E-state index contributed by atoms with van der Waals surface area (Å²) >= 11 is 0. The number of nitrogens with one attached hydrogen (secondary N) is 2. The average molecular weight is 331 g/mol. The lowest BCUT2D eigenvalue weighted by atomic mass is 10.0. The Morgan fingerprint density at radius 1 is 1.29 bits per heavy atom. The lowest BCUT2D eigenvalue weighted by molar-refractivity contribution is -0.125. The van der Waals surface area contributed by atoms with Gasteiger partial charge in [0.2, 0.25) is 11.8 Å². The molecule has 1 atom stereocenters. The highest BCUT2D eigenvalue weighted by molar-refractivity contribution is 5.91. The number of rotatable bonds is 6. The number of benzene rings is 1. The van der Waals surface area contributed by atoms with Crippen LogP contribution in [0.1, 0.15) is 38.7 Å². The van der Waals surface area contributed by atoms with Crippen molar-refractivity contribution in [3.8, 4) is 0 Å². The van der Waals surface area contributed by atoms with Gasteiger partial charge in [-0.05, 0) is 37.9 Å². The van der Waals surface area contributed by atoms with Crippen LogP contribution in [-0.4, -0.2) is 42.4 Å². The van der Waals surface area contributed by atoms with Crippen molar-refractivity contribution in [2.45, 2.75) is 46.1 Å². The SMILES string of the molecule is Cc1ccccc1NC(=O)CCN1CCC[C@@H](NC(=O)C(C)C)C1. The smallest absolute Gasteiger partial charge is 0.225 e. The van der Waals surface area contributed by atoms with E-state index < -0.39 is 0 Å². The van der Waals surface area contributed by atoms with Gasteiger partial charge >= 0.3 is 0 Å². The maximum absolute atomic E-state index is 12.1. The lowest BCUT2D eigenvalue weighted by Crippen LogP contribution is -2.49. The van der Waals surface area contributed by atoms with Crippen LogP contribution < -0.4 is 10.6 Å². The van der Waals surface area contributed by atoms with E-state index in [1.54, 1.807) is 0 Å². The van der Waals surface area contributed by atoms with Crippen LogP contribution in [0.5, 0.6) is 0 Å². The molecule has 0 saturated carbocycles. The first-order valence-corrected chi connectivity index (χ1v) is 8.84. The highest BCUT2D eigenvalue weighted by Gasteiger charge is 2.22. The zero-order valence-electron chi connectivity index (χ0n) is 15.0. The quantitative estimate of drug-likeness (QED) is 0.842. The molecule has 1 heterocycles. The molecule has 24 heavy (non-hydrogen) atoms. The van der Waals surface area contributed by atoms with Gasteiger partial charge in [-0.25, -0.2) is 0 Å². The molecule has 1 aliphatic heterocycles. The van der Waals surface area contributed by atoms with E-state index in [2.05, 4.69) is 15.5 Å². The molecule has 1 fully saturated rings. The number of anilines is 1. The summed E-state index contributed by atoms with van der Waals surface area (Å²) in [6.45, 7) is 8.35. The minimum atomic E-state index is 0.0141. The molecule has 2 amide bonds. The van der Waals surface area contributed by atoms with Gasteiger partial charge in [-0.2, -0.15) is 0 Å². The normalized spacial score (nSPS) is 18.4. The van der Waals surface area contributed by atoms with Crippen LogP contribution in [0.25, 0.3) is 0 Å². The van der Waals surface area contributed by atoms with E-state index in [1.165, 1.54) is 0 Å². The maximum Gasteiger partial charge on any atom is 0.225 e. The van der Waals surface area contributed by atoms with Gasteiger partial charge in [0.15, 0.2) is 0 Å². The molecule has 1 aromatic carbocycles. The second-order valence-electron chi connectivity index (χ2n) is 6.92. The number of amides is 2. The van der Waals surface area contributed by atoms with E-state index in [1.807, 2.05) is 45.0 Å². The first kappa shape index (κ1) is 18.5. The van der Waals surface area contributed by atoms with Crippen molar-refractivity contribution in [2.24, 2.45) is 5.92 Å². The zero-order chi connectivity index (χ0) is 17.5. The van der Waals surface area contributed by atoms with Crippen LogP contribution >= 0.6 is 0 Å². The third-order valence-electron chi connectivity index (χ3n) is 4.45. The lowest BCUT2D eigenvalue weighted by Gasteiger charge is -2.33. The fraction of sp³-hybridized carbons (Fsp3) is 0.579. The summed E-state index contributed by atoms with van der Waals surface area (Å²) < 4.78 is 0. The van der Waals surface area contributed by atoms with Gasteiger partial charge in [0, 0.05) is 37.2 Å². The summed E-state index contributed by atoms with van der Waals surface area (Å²) in [4.78, 5) is 26.2. The first-order chi connectivity index (χ1) is 11.5. The zero-order valence-corrected chi connectivity index (χ0v) is 15.0. The summed E-state index contributed by atoms with van der Waals surface area (Å²) in [5.41, 5.74) is 1.95. The second-order valence-corrected chi connectivity index (χ2v) is 6.92. The minimum absolute atomic E-state index is 0.0141. The Bertz CT molecular complexity index is 571. The Labute approximate surface area is 144 Å². The van der Waals surface area contributed by atoms with E-state index in [-0.39, 0.29) is 23.8 Å². The molecule has 0 aliphatic carbocycles. The standard InChI is InChI=1S/C19H29N3O2/c1-14(2)19(24)20-16-8-6-11-22(13-16)12-10-18(23)21-17-9-5-4-7-15(17)3/h4-5,7,9,14,16H,6,8,10-13H2,1-3H3,(H,20,24)(H,21,23)/t16-/m1/s1. The van der Waals surface area contributed by atoms with Crippen molar-refractivity contribution >= 4 is 17.5 Å². The molecule has 2 rings (SSSR count). The highest BCUT2D eigenvalue weighted by atomic mass is 16.2. The number of hydrogen-bond acceptors (Lipinski definition) is 3. The molecular formula is C19H29N3O2. The molecule has 0 spiro atoms. The Morgan fingerprint density at radius 3 is 2.75 bits per heavy atom. The number of para-hydroxylation sites is 1. The van der Waals surface area contributed by atoms with Crippen molar-refractivity contribution in [3.05, 3.63) is 29.8 Å². The second kappa shape index (κ2) is 8.83. The molecule has 1 aromatic rings. The summed E-state index contributed by atoms with van der Waals surface area (Å²) in [5.74, 6) is 0.164. The summed E-state index contributed by atoms with van der Waals surface area (Å²) in [5, 5.41) is 6.07. The number of nitrogens with zero attached hydrogens (tertiary/aromatic N) is 1. The van der Waals surface area contributed by atoms with Crippen LogP contribution in [0.2, 0.25) is 0 Å². The Morgan fingerprint density at radius 2 is 2.04 bits per heavy atom. The van der Waals surface area contributed by atoms with Crippen LogP contribution in [0.4, 0.5) is 5.69 Å². The van der Waals surface area contributed by atoms with Crippen molar-refractivity contribution in [3.63, 3.8) is 0 Å². The third kappa shape index (κ3) is 5.64. The Balaban J connectivity index is 1.76. The number of carbonyl (C=O) groups is 2. The molecule has 0 radical (unpaired) electrons. The molecule has 1 aliphatic rings. The predicted octanol–water partition coefficient (Wildman–Crippen LogP) is 2.56. The fourth-order valence-electron chi connectivity index (χ4n) is 2.93. The predicted molar refractivity (Wildman–Crippen MR) is 96.9 cm³/mol. The molecule has 5 heteroatoms. The molecule has 0 unspecified atom stereocenters. The number of likely N-dealkylation sites (tertiary alicyclic amines) is 1. The number of carbonyl (C=O) groups excluding carboxylic acids is 2. The summed E-state index contributed by atoms with van der Waals surface area (Å²) in [6, 6.07) is 8.00. The Hall–Kier alpha value is -1.88. The molecule has 132 valence electrons. The molecular weight excluding hydrogens is 302 g/mol. The van der Waals surface area contributed by atoms with Crippen molar-refractivity contribution in [2.75, 3.05) is 25.0 Å². The molecule has 0 aromatic heterocycles. The highest BCUT2D eigenvalue weighted by Crippen LogP contribution is 2.14. The molecule has 0 bridgehead atoms. The van der Waals surface area contributed by atoms with Crippen molar-refractivity contribution in [1.29, 1.82) is 0 Å². The third-order valence-corrected chi connectivity index (χ3v) is 4.45. The minimum Gasteiger partial charge on any atom is -0.352 e. The molecule has 2 N–H and O–H groups in total. The van der Waals surface area contributed by atoms with Crippen LogP contribution in [0, 0.1) is 12.8 Å².